The zero-order valence-electron chi connectivity index (χ0n) is 14.0. The molecule has 0 bridgehead atoms. The predicted octanol–water partition coefficient (Wildman–Crippen LogP) is 2.32. The van der Waals surface area contributed by atoms with E-state index in [9.17, 15) is 18.0 Å². The van der Waals surface area contributed by atoms with Crippen molar-refractivity contribution in [2.24, 2.45) is 5.73 Å². The van der Waals surface area contributed by atoms with Crippen molar-refractivity contribution in [1.29, 1.82) is 0 Å². The molecule has 1 aromatic heterocycles. The van der Waals surface area contributed by atoms with E-state index in [1.54, 1.807) is 6.92 Å². The van der Waals surface area contributed by atoms with E-state index in [-0.39, 0.29) is 23.2 Å². The summed E-state index contributed by atoms with van der Waals surface area (Å²) in [6.07, 6.45) is -2.94. The molecule has 11 heteroatoms. The molecule has 0 fully saturated rings. The topological polar surface area (TPSA) is 115 Å². The highest BCUT2D eigenvalue weighted by molar-refractivity contribution is 5.82. The number of ether oxygens (including phenoxy) is 1. The summed E-state index contributed by atoms with van der Waals surface area (Å²) in [7, 11) is 1.16. The zero-order chi connectivity index (χ0) is 19.3. The Labute approximate surface area is 147 Å². The third kappa shape index (κ3) is 4.71. The summed E-state index contributed by atoms with van der Waals surface area (Å²) in [5, 5.41) is 12.8. The van der Waals surface area contributed by atoms with E-state index in [0.29, 0.717) is 6.42 Å². The number of halogens is 3. The molecular weight excluding hydrogens is 353 g/mol. The number of alkyl halides is 3. The van der Waals surface area contributed by atoms with Crippen LogP contribution in [0.25, 0.3) is 0 Å². The Morgan fingerprint density at radius 1 is 1.38 bits per heavy atom. The molecule has 1 amide bonds. The largest absolute Gasteiger partial charge is 0.496 e. The molecule has 1 atom stereocenters. The minimum absolute atomic E-state index is 0.0187. The van der Waals surface area contributed by atoms with Crippen molar-refractivity contribution in [2.45, 2.75) is 25.6 Å². The highest BCUT2D eigenvalue weighted by Crippen LogP contribution is 2.38. The molecule has 0 unspecified atom stereocenters. The molecule has 26 heavy (non-hydrogen) atoms. The third-order valence-electron chi connectivity index (χ3n) is 3.39. The Hall–Kier alpha value is -3.11. The molecule has 0 aliphatic rings. The molecule has 2 aromatic rings. The Kier molecular flexibility index (Phi) is 5.80. The fourth-order valence-corrected chi connectivity index (χ4v) is 2.11. The first kappa shape index (κ1) is 19.2. The van der Waals surface area contributed by atoms with Gasteiger partial charge in [0.1, 0.15) is 11.8 Å². The van der Waals surface area contributed by atoms with Gasteiger partial charge in [-0.3, -0.25) is 4.79 Å². The van der Waals surface area contributed by atoms with Crippen molar-refractivity contribution in [2.75, 3.05) is 17.7 Å². The van der Waals surface area contributed by atoms with Crippen molar-refractivity contribution >= 4 is 23.4 Å². The maximum atomic E-state index is 13.1. The van der Waals surface area contributed by atoms with E-state index in [1.807, 2.05) is 0 Å². The van der Waals surface area contributed by atoms with Gasteiger partial charge in [0.15, 0.2) is 5.82 Å². The van der Waals surface area contributed by atoms with Crippen LogP contribution in [0.3, 0.4) is 0 Å². The van der Waals surface area contributed by atoms with Gasteiger partial charge in [0, 0.05) is 5.69 Å². The highest BCUT2D eigenvalue weighted by atomic mass is 19.4. The van der Waals surface area contributed by atoms with Crippen LogP contribution in [0.4, 0.5) is 30.6 Å². The standard InChI is InChI=1S/C15H17F3N6O2/c1-3-10(13(19)25)22-14-23-12(7-20-24-14)21-8-4-5-11(26-2)9(6-8)15(16,17)18/h4-7,10H,3H2,1-2H3,(H2,19,25)(H2,21,22,23,24)/t10-/m1/s1. The average Bonchev–Trinajstić information content (AvgIpc) is 2.59. The maximum Gasteiger partial charge on any atom is 0.420 e. The maximum absolute atomic E-state index is 13.1. The van der Waals surface area contributed by atoms with Crippen molar-refractivity contribution in [1.82, 2.24) is 15.2 Å². The first-order chi connectivity index (χ1) is 12.2. The summed E-state index contributed by atoms with van der Waals surface area (Å²) in [6, 6.07) is 2.80. The minimum atomic E-state index is -4.57. The summed E-state index contributed by atoms with van der Waals surface area (Å²) in [5.41, 5.74) is 4.44. The van der Waals surface area contributed by atoms with Crippen molar-refractivity contribution in [3.8, 4) is 5.75 Å². The second-order valence-electron chi connectivity index (χ2n) is 5.21. The Bertz CT molecular complexity index is 784. The lowest BCUT2D eigenvalue weighted by Gasteiger charge is -2.15. The Balaban J connectivity index is 2.24. The van der Waals surface area contributed by atoms with Crippen LogP contribution < -0.4 is 21.1 Å². The average molecular weight is 370 g/mol. The molecule has 0 aliphatic carbocycles. The van der Waals surface area contributed by atoms with Crippen LogP contribution in [0.2, 0.25) is 0 Å². The van der Waals surface area contributed by atoms with Gasteiger partial charge in [-0.15, -0.1) is 5.10 Å². The predicted molar refractivity (Wildman–Crippen MR) is 88.0 cm³/mol. The molecular formula is C15H17F3N6O2. The number of rotatable bonds is 7. The number of aromatic nitrogens is 3. The number of hydrogen-bond acceptors (Lipinski definition) is 7. The first-order valence-electron chi connectivity index (χ1n) is 7.52. The fourth-order valence-electron chi connectivity index (χ4n) is 2.11. The van der Waals surface area contributed by atoms with Crippen molar-refractivity contribution < 1.29 is 22.7 Å². The Morgan fingerprint density at radius 2 is 2.12 bits per heavy atom. The number of carbonyl (C=O) groups is 1. The van der Waals surface area contributed by atoms with Gasteiger partial charge in [0.2, 0.25) is 11.9 Å². The van der Waals surface area contributed by atoms with E-state index in [4.69, 9.17) is 10.5 Å². The lowest BCUT2D eigenvalue weighted by molar-refractivity contribution is -0.138. The molecule has 0 radical (unpaired) electrons. The number of primary amides is 1. The highest BCUT2D eigenvalue weighted by Gasteiger charge is 2.34. The third-order valence-corrected chi connectivity index (χ3v) is 3.39. The van der Waals surface area contributed by atoms with Gasteiger partial charge in [0.05, 0.1) is 18.9 Å². The number of nitrogens with two attached hydrogens (primary N) is 1. The summed E-state index contributed by atoms with van der Waals surface area (Å²) >= 11 is 0. The summed E-state index contributed by atoms with van der Waals surface area (Å²) in [6.45, 7) is 1.74. The van der Waals surface area contributed by atoms with Crippen LogP contribution in [0.5, 0.6) is 5.75 Å². The van der Waals surface area contributed by atoms with Gasteiger partial charge >= 0.3 is 6.18 Å². The van der Waals surface area contributed by atoms with Gasteiger partial charge in [0.25, 0.3) is 0 Å². The van der Waals surface area contributed by atoms with Gasteiger partial charge in [-0.1, -0.05) is 6.92 Å². The van der Waals surface area contributed by atoms with Crippen molar-refractivity contribution in [3.63, 3.8) is 0 Å². The van der Waals surface area contributed by atoms with E-state index < -0.39 is 23.7 Å². The minimum Gasteiger partial charge on any atom is -0.496 e. The quantitative estimate of drug-likeness (QED) is 0.685. The van der Waals surface area contributed by atoms with Crippen LogP contribution >= 0.6 is 0 Å². The number of nitrogens with zero attached hydrogens (tertiary/aromatic N) is 3. The smallest absolute Gasteiger partial charge is 0.420 e. The monoisotopic (exact) mass is 370 g/mol. The van der Waals surface area contributed by atoms with E-state index in [1.165, 1.54) is 18.3 Å². The van der Waals surface area contributed by atoms with Crippen LogP contribution in [0.15, 0.2) is 24.4 Å². The summed E-state index contributed by atoms with van der Waals surface area (Å²) < 4.78 is 44.0. The van der Waals surface area contributed by atoms with Gasteiger partial charge < -0.3 is 21.1 Å². The fraction of sp³-hybridized carbons (Fsp3) is 0.333. The van der Waals surface area contributed by atoms with E-state index >= 15 is 0 Å². The van der Waals surface area contributed by atoms with E-state index in [2.05, 4.69) is 25.8 Å². The summed E-state index contributed by atoms with van der Waals surface area (Å²) in [4.78, 5) is 15.3. The second kappa shape index (κ2) is 7.85. The lowest BCUT2D eigenvalue weighted by Crippen LogP contribution is -2.35. The van der Waals surface area contributed by atoms with Gasteiger partial charge in [-0.25, -0.2) is 0 Å². The second-order valence-corrected chi connectivity index (χ2v) is 5.21. The molecule has 0 saturated carbocycles. The molecule has 2 rings (SSSR count). The number of anilines is 3. The van der Waals surface area contributed by atoms with Crippen molar-refractivity contribution in [3.05, 3.63) is 30.0 Å². The lowest BCUT2D eigenvalue weighted by atomic mass is 10.1. The zero-order valence-corrected chi connectivity index (χ0v) is 14.0. The molecule has 8 nitrogen and oxygen atoms in total. The number of benzene rings is 1. The van der Waals surface area contributed by atoms with Gasteiger partial charge in [-0.05, 0) is 24.6 Å². The molecule has 0 aliphatic heterocycles. The van der Waals surface area contributed by atoms with Crippen LogP contribution in [-0.4, -0.2) is 34.2 Å². The number of amides is 1. The molecule has 140 valence electrons. The number of hydrogen-bond donors (Lipinski definition) is 3. The van der Waals surface area contributed by atoms with Crippen LogP contribution in [-0.2, 0) is 11.0 Å². The Morgan fingerprint density at radius 3 is 2.69 bits per heavy atom. The SMILES string of the molecule is CC[C@@H](Nc1nncc(Nc2ccc(OC)c(C(F)(F)F)c2)n1)C(N)=O. The number of nitrogens with one attached hydrogen (secondary N) is 2. The molecule has 0 saturated heterocycles. The first-order valence-corrected chi connectivity index (χ1v) is 7.52. The molecule has 0 spiro atoms. The number of carbonyl (C=O) groups excluding carboxylic acids is 1. The van der Waals surface area contributed by atoms with E-state index in [0.717, 1.165) is 13.2 Å². The normalized spacial score (nSPS) is 12.3. The molecule has 4 N–H and O–H groups in total. The van der Waals surface area contributed by atoms with Crippen LogP contribution in [0.1, 0.15) is 18.9 Å². The molecule has 1 heterocycles. The number of methoxy groups -OCH3 is 1. The van der Waals surface area contributed by atoms with Gasteiger partial charge in [-0.2, -0.15) is 23.3 Å². The molecule has 1 aromatic carbocycles. The van der Waals surface area contributed by atoms with Crippen LogP contribution in [0, 0.1) is 0 Å². The summed E-state index contributed by atoms with van der Waals surface area (Å²) in [5.74, 6) is -0.719.